The van der Waals surface area contributed by atoms with Crippen LogP contribution in [0.2, 0.25) is 0 Å². The lowest BCUT2D eigenvalue weighted by molar-refractivity contribution is 0.425. The normalized spacial score (nSPS) is 25.6. The molecule has 1 aromatic heterocycles. The zero-order valence-corrected chi connectivity index (χ0v) is 10.4. The summed E-state index contributed by atoms with van der Waals surface area (Å²) in [4.78, 5) is 9.37. The first-order chi connectivity index (χ1) is 8.34. The fourth-order valence-electron chi connectivity index (χ4n) is 3.15. The second-order valence-electron chi connectivity index (χ2n) is 5.46. The minimum atomic E-state index is 0.166. The molecule has 2 aliphatic rings. The van der Waals surface area contributed by atoms with E-state index in [1.807, 2.05) is 6.20 Å². The second kappa shape index (κ2) is 4.73. The number of aryl methyl sites for hydroxylation is 1. The van der Waals surface area contributed by atoms with Crippen molar-refractivity contribution < 1.29 is 0 Å². The van der Waals surface area contributed by atoms with Gasteiger partial charge in [-0.3, -0.25) is 0 Å². The summed E-state index contributed by atoms with van der Waals surface area (Å²) in [6.45, 7) is 0. The molecule has 2 N–H and O–H groups in total. The SMILES string of the molecule is NC1CCCc2nc(C3CCCCC3)ncc21. The maximum atomic E-state index is 6.09. The van der Waals surface area contributed by atoms with E-state index in [1.165, 1.54) is 49.8 Å². The molecule has 1 heterocycles. The standard InChI is InChI=1S/C14H21N3/c15-12-7-4-8-13-11(12)9-16-14(17-13)10-5-2-1-3-6-10/h9-10,12H,1-8,15H2. The van der Waals surface area contributed by atoms with Gasteiger partial charge in [0, 0.05) is 29.4 Å². The van der Waals surface area contributed by atoms with Crippen molar-refractivity contribution in [2.75, 3.05) is 0 Å². The van der Waals surface area contributed by atoms with Crippen LogP contribution >= 0.6 is 0 Å². The van der Waals surface area contributed by atoms with E-state index in [1.54, 1.807) is 0 Å². The summed E-state index contributed by atoms with van der Waals surface area (Å²) < 4.78 is 0. The summed E-state index contributed by atoms with van der Waals surface area (Å²) >= 11 is 0. The molecule has 1 atom stereocenters. The van der Waals surface area contributed by atoms with Gasteiger partial charge in [0.1, 0.15) is 5.82 Å². The molecule has 92 valence electrons. The van der Waals surface area contributed by atoms with Crippen molar-refractivity contribution >= 4 is 0 Å². The van der Waals surface area contributed by atoms with E-state index in [0.29, 0.717) is 5.92 Å². The van der Waals surface area contributed by atoms with E-state index in [0.717, 1.165) is 18.7 Å². The fourth-order valence-corrected chi connectivity index (χ4v) is 3.15. The van der Waals surface area contributed by atoms with Crippen LogP contribution in [0.3, 0.4) is 0 Å². The molecule has 1 fully saturated rings. The molecule has 0 aliphatic heterocycles. The summed E-state index contributed by atoms with van der Waals surface area (Å²) in [6, 6.07) is 0.166. The van der Waals surface area contributed by atoms with Crippen LogP contribution in [-0.2, 0) is 6.42 Å². The predicted molar refractivity (Wildman–Crippen MR) is 67.7 cm³/mol. The lowest BCUT2D eigenvalue weighted by Gasteiger charge is -2.24. The van der Waals surface area contributed by atoms with Gasteiger partial charge in [-0.1, -0.05) is 19.3 Å². The summed E-state index contributed by atoms with van der Waals surface area (Å²) in [5.74, 6) is 1.68. The van der Waals surface area contributed by atoms with E-state index in [9.17, 15) is 0 Å². The number of hydrogen-bond acceptors (Lipinski definition) is 3. The maximum absolute atomic E-state index is 6.09. The lowest BCUT2D eigenvalue weighted by Crippen LogP contribution is -2.20. The smallest absolute Gasteiger partial charge is 0.131 e. The largest absolute Gasteiger partial charge is 0.324 e. The molecule has 17 heavy (non-hydrogen) atoms. The summed E-state index contributed by atoms with van der Waals surface area (Å²) in [5, 5.41) is 0. The Labute approximate surface area is 103 Å². The van der Waals surface area contributed by atoms with Crippen LogP contribution in [0, 0.1) is 0 Å². The average molecular weight is 231 g/mol. The van der Waals surface area contributed by atoms with Crippen LogP contribution in [0.4, 0.5) is 0 Å². The highest BCUT2D eigenvalue weighted by molar-refractivity contribution is 5.24. The zero-order chi connectivity index (χ0) is 11.7. The Bertz CT molecular complexity index is 396. The molecule has 2 aliphatic carbocycles. The van der Waals surface area contributed by atoms with Crippen molar-refractivity contribution in [2.24, 2.45) is 5.73 Å². The van der Waals surface area contributed by atoms with E-state index in [4.69, 9.17) is 10.7 Å². The first kappa shape index (κ1) is 11.1. The number of nitrogens with zero attached hydrogens (tertiary/aromatic N) is 2. The minimum Gasteiger partial charge on any atom is -0.324 e. The van der Waals surface area contributed by atoms with Crippen molar-refractivity contribution in [2.45, 2.75) is 63.3 Å². The molecular formula is C14H21N3. The Kier molecular flexibility index (Phi) is 3.10. The highest BCUT2D eigenvalue weighted by Crippen LogP contribution is 2.32. The molecule has 3 nitrogen and oxygen atoms in total. The Hall–Kier alpha value is -0.960. The topological polar surface area (TPSA) is 51.8 Å². The van der Waals surface area contributed by atoms with Gasteiger partial charge in [0.25, 0.3) is 0 Å². The summed E-state index contributed by atoms with van der Waals surface area (Å²) in [5.41, 5.74) is 8.51. The van der Waals surface area contributed by atoms with E-state index >= 15 is 0 Å². The monoisotopic (exact) mass is 231 g/mol. The lowest BCUT2D eigenvalue weighted by atomic mass is 9.88. The zero-order valence-electron chi connectivity index (χ0n) is 10.4. The Morgan fingerprint density at radius 2 is 1.88 bits per heavy atom. The Balaban J connectivity index is 1.86. The maximum Gasteiger partial charge on any atom is 0.131 e. The van der Waals surface area contributed by atoms with E-state index in [-0.39, 0.29) is 6.04 Å². The van der Waals surface area contributed by atoms with Crippen LogP contribution in [-0.4, -0.2) is 9.97 Å². The molecule has 1 unspecified atom stereocenters. The molecule has 3 rings (SSSR count). The Morgan fingerprint density at radius 1 is 1.06 bits per heavy atom. The molecule has 3 heteroatoms. The molecule has 0 spiro atoms. The number of nitrogens with two attached hydrogens (primary N) is 1. The van der Waals surface area contributed by atoms with Gasteiger partial charge in [-0.05, 0) is 32.1 Å². The van der Waals surface area contributed by atoms with Gasteiger partial charge in [-0.25, -0.2) is 9.97 Å². The molecule has 0 bridgehead atoms. The van der Waals surface area contributed by atoms with Crippen LogP contribution in [0.1, 0.15) is 74.0 Å². The summed E-state index contributed by atoms with van der Waals surface area (Å²) in [7, 11) is 0. The first-order valence-electron chi connectivity index (χ1n) is 6.96. The number of aromatic nitrogens is 2. The number of hydrogen-bond donors (Lipinski definition) is 1. The Morgan fingerprint density at radius 3 is 2.71 bits per heavy atom. The highest BCUT2D eigenvalue weighted by atomic mass is 14.9. The molecular weight excluding hydrogens is 210 g/mol. The third-order valence-corrected chi connectivity index (χ3v) is 4.22. The van der Waals surface area contributed by atoms with Gasteiger partial charge in [0.2, 0.25) is 0 Å². The molecule has 0 amide bonds. The molecule has 1 saturated carbocycles. The van der Waals surface area contributed by atoms with Gasteiger partial charge in [0.05, 0.1) is 0 Å². The molecule has 0 aromatic carbocycles. The van der Waals surface area contributed by atoms with Crippen LogP contribution in [0.5, 0.6) is 0 Å². The second-order valence-corrected chi connectivity index (χ2v) is 5.46. The average Bonchev–Trinajstić information content (AvgIpc) is 2.40. The third-order valence-electron chi connectivity index (χ3n) is 4.22. The third kappa shape index (κ3) is 2.21. The molecule has 0 radical (unpaired) electrons. The van der Waals surface area contributed by atoms with Crippen LogP contribution < -0.4 is 5.73 Å². The van der Waals surface area contributed by atoms with Crippen molar-refractivity contribution in [1.82, 2.24) is 9.97 Å². The quantitative estimate of drug-likeness (QED) is 0.808. The summed E-state index contributed by atoms with van der Waals surface area (Å²) in [6.07, 6.45) is 11.9. The van der Waals surface area contributed by atoms with Crippen molar-refractivity contribution in [3.05, 3.63) is 23.3 Å². The van der Waals surface area contributed by atoms with Gasteiger partial charge in [-0.2, -0.15) is 0 Å². The fraction of sp³-hybridized carbons (Fsp3) is 0.714. The van der Waals surface area contributed by atoms with Gasteiger partial charge in [-0.15, -0.1) is 0 Å². The van der Waals surface area contributed by atoms with Crippen molar-refractivity contribution in [1.29, 1.82) is 0 Å². The molecule has 1 aromatic rings. The van der Waals surface area contributed by atoms with Gasteiger partial charge in [0.15, 0.2) is 0 Å². The van der Waals surface area contributed by atoms with Crippen molar-refractivity contribution in [3.8, 4) is 0 Å². The highest BCUT2D eigenvalue weighted by Gasteiger charge is 2.22. The number of rotatable bonds is 1. The van der Waals surface area contributed by atoms with Crippen LogP contribution in [0.15, 0.2) is 6.20 Å². The van der Waals surface area contributed by atoms with Gasteiger partial charge >= 0.3 is 0 Å². The minimum absolute atomic E-state index is 0.166. The first-order valence-corrected chi connectivity index (χ1v) is 6.96. The molecule has 0 saturated heterocycles. The van der Waals surface area contributed by atoms with Gasteiger partial charge < -0.3 is 5.73 Å². The van der Waals surface area contributed by atoms with E-state index < -0.39 is 0 Å². The van der Waals surface area contributed by atoms with Crippen molar-refractivity contribution in [3.63, 3.8) is 0 Å². The van der Waals surface area contributed by atoms with Crippen LogP contribution in [0.25, 0.3) is 0 Å². The number of fused-ring (bicyclic) bond motifs is 1. The van der Waals surface area contributed by atoms with E-state index in [2.05, 4.69) is 4.98 Å². The predicted octanol–water partition coefficient (Wildman–Crippen LogP) is 2.86.